The number of aromatic nitrogens is 3. The maximum absolute atomic E-state index is 13.2. The first-order valence-electron chi connectivity index (χ1n) is 9.09. The Bertz CT molecular complexity index is 946. The van der Waals surface area contributed by atoms with Crippen LogP contribution in [0.3, 0.4) is 0 Å². The van der Waals surface area contributed by atoms with Crippen molar-refractivity contribution in [3.05, 3.63) is 59.7 Å². The van der Waals surface area contributed by atoms with E-state index in [-0.39, 0.29) is 11.9 Å². The third kappa shape index (κ3) is 3.32. The zero-order chi connectivity index (χ0) is 18.8. The van der Waals surface area contributed by atoms with Crippen LogP contribution in [0.15, 0.2) is 47.2 Å². The number of carbonyl (C=O) groups is 1. The van der Waals surface area contributed by atoms with E-state index in [0.29, 0.717) is 17.9 Å². The number of nitrogens with zero attached hydrogens (tertiary/aromatic N) is 4. The van der Waals surface area contributed by atoms with Gasteiger partial charge in [-0.05, 0) is 38.3 Å². The van der Waals surface area contributed by atoms with Crippen molar-refractivity contribution in [1.29, 1.82) is 0 Å². The highest BCUT2D eigenvalue weighted by Gasteiger charge is 2.31. The average molecular weight is 366 g/mol. The van der Waals surface area contributed by atoms with Gasteiger partial charge < -0.3 is 14.2 Å². The average Bonchev–Trinajstić information content (AvgIpc) is 3.37. The molecule has 0 bridgehead atoms. The number of methoxy groups -OCH3 is 1. The van der Waals surface area contributed by atoms with E-state index in [1.165, 1.54) is 0 Å². The lowest BCUT2D eigenvalue weighted by Gasteiger charge is -2.34. The van der Waals surface area contributed by atoms with Crippen molar-refractivity contribution in [3.63, 3.8) is 0 Å². The normalized spacial score (nSPS) is 17.1. The van der Waals surface area contributed by atoms with Gasteiger partial charge in [-0.2, -0.15) is 5.10 Å². The molecule has 0 N–H and O–H groups in total. The van der Waals surface area contributed by atoms with E-state index < -0.39 is 0 Å². The number of aryl methyl sites for hydroxylation is 1. The number of piperidine rings is 1. The van der Waals surface area contributed by atoms with E-state index in [0.717, 1.165) is 36.4 Å². The summed E-state index contributed by atoms with van der Waals surface area (Å²) in [6.07, 6.45) is 6.30. The van der Waals surface area contributed by atoms with Crippen LogP contribution < -0.4 is 4.74 Å². The van der Waals surface area contributed by atoms with Gasteiger partial charge >= 0.3 is 0 Å². The monoisotopic (exact) mass is 366 g/mol. The molecule has 3 aromatic rings. The van der Waals surface area contributed by atoms with Gasteiger partial charge in [-0.25, -0.2) is 4.68 Å². The number of benzene rings is 1. The summed E-state index contributed by atoms with van der Waals surface area (Å²) in [5, 5.41) is 8.50. The smallest absolute Gasteiger partial charge is 0.257 e. The number of carbonyl (C=O) groups excluding carboxylic acids is 1. The topological polar surface area (TPSA) is 73.4 Å². The summed E-state index contributed by atoms with van der Waals surface area (Å²) in [6, 6.07) is 9.44. The Kier molecular flexibility index (Phi) is 4.66. The van der Waals surface area contributed by atoms with Crippen molar-refractivity contribution < 1.29 is 14.1 Å². The third-order valence-corrected chi connectivity index (χ3v) is 4.91. The molecule has 1 aliphatic heterocycles. The first kappa shape index (κ1) is 17.3. The molecule has 3 heterocycles. The van der Waals surface area contributed by atoms with Crippen molar-refractivity contribution in [2.24, 2.45) is 0 Å². The third-order valence-electron chi connectivity index (χ3n) is 4.91. The molecule has 2 aromatic heterocycles. The second-order valence-electron chi connectivity index (χ2n) is 6.72. The van der Waals surface area contributed by atoms with Gasteiger partial charge in [0.05, 0.1) is 24.9 Å². The Labute approximate surface area is 157 Å². The van der Waals surface area contributed by atoms with Crippen molar-refractivity contribution in [1.82, 2.24) is 19.8 Å². The van der Waals surface area contributed by atoms with E-state index in [9.17, 15) is 4.79 Å². The van der Waals surface area contributed by atoms with E-state index in [1.54, 1.807) is 24.2 Å². The van der Waals surface area contributed by atoms with E-state index >= 15 is 0 Å². The number of hydrogen-bond donors (Lipinski definition) is 0. The van der Waals surface area contributed by atoms with E-state index in [2.05, 4.69) is 10.3 Å². The summed E-state index contributed by atoms with van der Waals surface area (Å²) >= 11 is 0. The summed E-state index contributed by atoms with van der Waals surface area (Å²) in [7, 11) is 1.62. The first-order chi connectivity index (χ1) is 13.2. The summed E-state index contributed by atoms with van der Waals surface area (Å²) in [5.74, 6) is 1.42. The summed E-state index contributed by atoms with van der Waals surface area (Å²) in [4.78, 5) is 15.1. The number of para-hydroxylation sites is 2. The van der Waals surface area contributed by atoms with Gasteiger partial charge in [-0.3, -0.25) is 4.79 Å². The molecule has 7 heteroatoms. The Balaban J connectivity index is 1.61. The van der Waals surface area contributed by atoms with Crippen LogP contribution in [0.1, 0.15) is 47.1 Å². The molecule has 27 heavy (non-hydrogen) atoms. The molecule has 1 aromatic carbocycles. The van der Waals surface area contributed by atoms with Crippen LogP contribution in [0.2, 0.25) is 0 Å². The molecule has 140 valence electrons. The van der Waals surface area contributed by atoms with Crippen LogP contribution in [-0.4, -0.2) is 39.4 Å². The van der Waals surface area contributed by atoms with Gasteiger partial charge in [0.1, 0.15) is 22.9 Å². The van der Waals surface area contributed by atoms with Gasteiger partial charge in [0.15, 0.2) is 0 Å². The second kappa shape index (κ2) is 7.26. The van der Waals surface area contributed by atoms with Crippen molar-refractivity contribution in [3.8, 4) is 11.4 Å². The lowest BCUT2D eigenvalue weighted by atomic mass is 9.98. The van der Waals surface area contributed by atoms with Gasteiger partial charge in [0.25, 0.3) is 5.91 Å². The molecule has 1 unspecified atom stereocenters. The van der Waals surface area contributed by atoms with Crippen molar-refractivity contribution in [2.45, 2.75) is 32.2 Å². The molecule has 1 saturated heterocycles. The number of likely N-dealkylation sites (tertiary alicyclic amines) is 1. The fourth-order valence-corrected chi connectivity index (χ4v) is 3.57. The Morgan fingerprint density at radius 1 is 1.30 bits per heavy atom. The van der Waals surface area contributed by atoms with Crippen LogP contribution in [0.25, 0.3) is 5.69 Å². The minimum atomic E-state index is -0.0571. The summed E-state index contributed by atoms with van der Waals surface area (Å²) in [5.41, 5.74) is 2.16. The molecule has 0 saturated carbocycles. The Morgan fingerprint density at radius 2 is 2.15 bits per heavy atom. The molecule has 1 fully saturated rings. The van der Waals surface area contributed by atoms with Crippen LogP contribution in [0.4, 0.5) is 0 Å². The molecule has 0 spiro atoms. The van der Waals surface area contributed by atoms with Gasteiger partial charge in [-0.15, -0.1) is 0 Å². The fourth-order valence-electron chi connectivity index (χ4n) is 3.57. The zero-order valence-corrected chi connectivity index (χ0v) is 15.5. The Hall–Kier alpha value is -3.09. The number of hydrogen-bond acceptors (Lipinski definition) is 5. The van der Waals surface area contributed by atoms with Gasteiger partial charge in [0.2, 0.25) is 0 Å². The minimum absolute atomic E-state index is 0.0403. The summed E-state index contributed by atoms with van der Waals surface area (Å²) in [6.45, 7) is 2.57. The highest BCUT2D eigenvalue weighted by molar-refractivity contribution is 5.94. The second-order valence-corrected chi connectivity index (χ2v) is 6.72. The number of rotatable bonds is 4. The van der Waals surface area contributed by atoms with Crippen LogP contribution in [0, 0.1) is 6.92 Å². The van der Waals surface area contributed by atoms with E-state index in [4.69, 9.17) is 9.26 Å². The maximum atomic E-state index is 13.2. The predicted molar refractivity (Wildman–Crippen MR) is 99.0 cm³/mol. The van der Waals surface area contributed by atoms with Gasteiger partial charge in [0, 0.05) is 18.8 Å². The van der Waals surface area contributed by atoms with Crippen molar-refractivity contribution in [2.75, 3.05) is 13.7 Å². The Morgan fingerprint density at radius 3 is 2.93 bits per heavy atom. The largest absolute Gasteiger partial charge is 0.494 e. The molecule has 0 radical (unpaired) electrons. The molecule has 1 aliphatic rings. The first-order valence-corrected chi connectivity index (χ1v) is 9.09. The van der Waals surface area contributed by atoms with Crippen molar-refractivity contribution >= 4 is 5.91 Å². The zero-order valence-electron chi connectivity index (χ0n) is 15.5. The maximum Gasteiger partial charge on any atom is 0.257 e. The molecule has 7 nitrogen and oxygen atoms in total. The molecule has 4 rings (SSSR count). The fraction of sp³-hybridized carbons (Fsp3) is 0.350. The highest BCUT2D eigenvalue weighted by atomic mass is 16.5. The molecular formula is C20H22N4O3. The lowest BCUT2D eigenvalue weighted by molar-refractivity contribution is 0.0602. The lowest BCUT2D eigenvalue weighted by Crippen LogP contribution is -2.38. The van der Waals surface area contributed by atoms with Crippen LogP contribution in [-0.2, 0) is 0 Å². The summed E-state index contributed by atoms with van der Waals surface area (Å²) < 4.78 is 12.3. The highest BCUT2D eigenvalue weighted by Crippen LogP contribution is 2.32. The number of amides is 1. The number of ether oxygens (including phenoxy) is 1. The predicted octanol–water partition coefficient (Wildman–Crippen LogP) is 3.54. The molecule has 0 aliphatic carbocycles. The quantitative estimate of drug-likeness (QED) is 0.706. The van der Waals surface area contributed by atoms with E-state index in [1.807, 2.05) is 42.2 Å². The van der Waals surface area contributed by atoms with Crippen LogP contribution >= 0.6 is 0 Å². The van der Waals surface area contributed by atoms with Gasteiger partial charge in [-0.1, -0.05) is 17.3 Å². The molecular weight excluding hydrogens is 344 g/mol. The standard InChI is InChI=1S/C20H22N4O3/c1-14-11-16(22-27-14)17-7-5-6-10-23(17)20(25)15-12-21-24(13-15)18-8-3-4-9-19(18)26-2/h3-4,8-9,11-13,17H,5-7,10H2,1-2H3. The minimum Gasteiger partial charge on any atom is -0.494 e. The SMILES string of the molecule is COc1ccccc1-n1cc(C(=O)N2CCCCC2c2cc(C)on2)cn1. The molecule has 1 amide bonds. The molecule has 1 atom stereocenters. The van der Waals surface area contributed by atoms with Crippen LogP contribution in [0.5, 0.6) is 5.75 Å².